The number of nitrogens with one attached hydrogen (secondary N) is 1. The monoisotopic (exact) mass is 209 g/mol. The average molecular weight is 209 g/mol. The molecule has 0 amide bonds. The fourth-order valence-corrected chi connectivity index (χ4v) is 2.05. The SMILES string of the molecule is c1ccc2c(c1)ncc1c2[nH]c2nncn21. The lowest BCUT2D eigenvalue weighted by Crippen LogP contribution is -1.82. The summed E-state index contributed by atoms with van der Waals surface area (Å²) in [7, 11) is 0. The van der Waals surface area contributed by atoms with Crippen LogP contribution in [-0.2, 0) is 0 Å². The van der Waals surface area contributed by atoms with Crippen molar-refractivity contribution in [3.8, 4) is 0 Å². The zero-order valence-electron chi connectivity index (χ0n) is 8.25. The molecule has 4 aromatic rings. The molecule has 0 saturated carbocycles. The third-order valence-corrected chi connectivity index (χ3v) is 2.80. The summed E-state index contributed by atoms with van der Waals surface area (Å²) in [5, 5.41) is 8.94. The minimum atomic E-state index is 0.744. The van der Waals surface area contributed by atoms with Crippen molar-refractivity contribution in [3.05, 3.63) is 36.8 Å². The molecule has 0 saturated heterocycles. The molecule has 0 fully saturated rings. The molecule has 4 rings (SSSR count). The van der Waals surface area contributed by atoms with Gasteiger partial charge in [-0.2, -0.15) is 0 Å². The number of pyridine rings is 1. The Labute approximate surface area is 89.7 Å². The highest BCUT2D eigenvalue weighted by molar-refractivity contribution is 6.02. The topological polar surface area (TPSA) is 58.9 Å². The molecule has 16 heavy (non-hydrogen) atoms. The Morgan fingerprint density at radius 1 is 1.19 bits per heavy atom. The molecule has 1 aromatic carbocycles. The van der Waals surface area contributed by atoms with Crippen molar-refractivity contribution >= 4 is 27.7 Å². The molecule has 76 valence electrons. The Bertz CT molecular complexity index is 805. The van der Waals surface area contributed by atoms with E-state index in [2.05, 4.69) is 20.2 Å². The molecule has 0 aliphatic carbocycles. The molecule has 3 aromatic heterocycles. The zero-order valence-corrected chi connectivity index (χ0v) is 8.25. The maximum absolute atomic E-state index is 4.41. The molecule has 5 heteroatoms. The van der Waals surface area contributed by atoms with Crippen LogP contribution in [0, 0.1) is 0 Å². The summed E-state index contributed by atoms with van der Waals surface area (Å²) in [6, 6.07) is 8.03. The van der Waals surface area contributed by atoms with Crippen molar-refractivity contribution in [1.29, 1.82) is 0 Å². The Hall–Kier alpha value is -2.43. The molecule has 0 atom stereocenters. The Morgan fingerprint density at radius 2 is 2.12 bits per heavy atom. The fraction of sp³-hybridized carbons (Fsp3) is 0. The van der Waals surface area contributed by atoms with E-state index < -0.39 is 0 Å². The number of aromatic nitrogens is 5. The zero-order chi connectivity index (χ0) is 10.5. The number of nitrogens with zero attached hydrogens (tertiary/aromatic N) is 4. The van der Waals surface area contributed by atoms with Gasteiger partial charge in [0.1, 0.15) is 6.33 Å². The predicted molar refractivity (Wildman–Crippen MR) is 60.1 cm³/mol. The Balaban J connectivity index is 2.36. The van der Waals surface area contributed by atoms with Gasteiger partial charge in [0.15, 0.2) is 0 Å². The van der Waals surface area contributed by atoms with Crippen LogP contribution in [0.5, 0.6) is 0 Å². The summed E-state index contributed by atoms with van der Waals surface area (Å²) in [5.74, 6) is 0.744. The van der Waals surface area contributed by atoms with E-state index in [1.165, 1.54) is 0 Å². The van der Waals surface area contributed by atoms with Crippen LogP contribution in [0.25, 0.3) is 27.7 Å². The van der Waals surface area contributed by atoms with Gasteiger partial charge < -0.3 is 4.98 Å². The highest BCUT2D eigenvalue weighted by atomic mass is 15.3. The van der Waals surface area contributed by atoms with Crippen LogP contribution < -0.4 is 0 Å². The molecule has 1 N–H and O–H groups in total. The highest BCUT2D eigenvalue weighted by Crippen LogP contribution is 2.22. The number of H-pyrrole nitrogens is 1. The smallest absolute Gasteiger partial charge is 0.233 e. The predicted octanol–water partition coefficient (Wildman–Crippen LogP) is 1.76. The average Bonchev–Trinajstić information content (AvgIpc) is 2.88. The van der Waals surface area contributed by atoms with Crippen molar-refractivity contribution in [3.63, 3.8) is 0 Å². The third-order valence-electron chi connectivity index (χ3n) is 2.80. The number of hydrogen-bond donors (Lipinski definition) is 1. The van der Waals surface area contributed by atoms with Crippen molar-refractivity contribution in [2.75, 3.05) is 0 Å². The van der Waals surface area contributed by atoms with Crippen molar-refractivity contribution in [2.24, 2.45) is 0 Å². The van der Waals surface area contributed by atoms with Crippen LogP contribution in [-0.4, -0.2) is 24.6 Å². The molecular formula is C11H7N5. The van der Waals surface area contributed by atoms with Crippen LogP contribution in [0.3, 0.4) is 0 Å². The molecule has 0 aliphatic rings. The van der Waals surface area contributed by atoms with Crippen molar-refractivity contribution in [1.82, 2.24) is 24.6 Å². The van der Waals surface area contributed by atoms with Gasteiger partial charge in [0.25, 0.3) is 0 Å². The van der Waals surface area contributed by atoms with Gasteiger partial charge in [-0.15, -0.1) is 10.2 Å². The maximum atomic E-state index is 4.41. The van der Waals surface area contributed by atoms with Crippen LogP contribution in [0.1, 0.15) is 0 Å². The van der Waals surface area contributed by atoms with Gasteiger partial charge in [0, 0.05) is 5.39 Å². The van der Waals surface area contributed by atoms with Gasteiger partial charge in [-0.05, 0) is 6.07 Å². The lowest BCUT2D eigenvalue weighted by Gasteiger charge is -1.97. The second-order valence-corrected chi connectivity index (χ2v) is 3.69. The summed E-state index contributed by atoms with van der Waals surface area (Å²) in [6.07, 6.45) is 3.52. The van der Waals surface area contributed by atoms with Crippen LogP contribution in [0.2, 0.25) is 0 Å². The van der Waals surface area contributed by atoms with Gasteiger partial charge in [0.05, 0.1) is 22.7 Å². The summed E-state index contributed by atoms with van der Waals surface area (Å²) in [4.78, 5) is 7.67. The minimum Gasteiger partial charge on any atom is -0.322 e. The van der Waals surface area contributed by atoms with Crippen molar-refractivity contribution < 1.29 is 0 Å². The van der Waals surface area contributed by atoms with Gasteiger partial charge in [-0.25, -0.2) is 0 Å². The lowest BCUT2D eigenvalue weighted by molar-refractivity contribution is 1.10. The molecule has 3 heterocycles. The third kappa shape index (κ3) is 0.826. The number of para-hydroxylation sites is 1. The molecule has 0 bridgehead atoms. The number of benzene rings is 1. The summed E-state index contributed by atoms with van der Waals surface area (Å²) < 4.78 is 1.90. The minimum absolute atomic E-state index is 0.744. The number of hydrogen-bond acceptors (Lipinski definition) is 3. The van der Waals surface area contributed by atoms with Crippen LogP contribution >= 0.6 is 0 Å². The number of imidazole rings is 1. The van der Waals surface area contributed by atoms with E-state index in [4.69, 9.17) is 0 Å². The molecule has 0 aliphatic heterocycles. The Kier molecular flexibility index (Phi) is 1.26. The quantitative estimate of drug-likeness (QED) is 0.480. The van der Waals surface area contributed by atoms with E-state index >= 15 is 0 Å². The Morgan fingerprint density at radius 3 is 3.12 bits per heavy atom. The first-order valence-corrected chi connectivity index (χ1v) is 4.99. The molecule has 5 nitrogen and oxygen atoms in total. The van der Waals surface area contributed by atoms with Gasteiger partial charge in [-0.1, -0.05) is 18.2 Å². The molecule has 0 spiro atoms. The number of rotatable bonds is 0. The van der Waals surface area contributed by atoms with Gasteiger partial charge in [-0.3, -0.25) is 9.38 Å². The largest absolute Gasteiger partial charge is 0.322 e. The molecule has 0 unspecified atom stereocenters. The first kappa shape index (κ1) is 7.81. The highest BCUT2D eigenvalue weighted by Gasteiger charge is 2.08. The van der Waals surface area contributed by atoms with E-state index in [0.717, 1.165) is 27.7 Å². The first-order valence-electron chi connectivity index (χ1n) is 4.99. The standard InChI is InChI=1S/C11H7N5/c1-2-4-8-7(3-1)10-9(5-12-8)16-6-13-15-11(16)14-10/h1-6H,(H,14,15). The molecular weight excluding hydrogens is 202 g/mol. The maximum Gasteiger partial charge on any atom is 0.233 e. The van der Waals surface area contributed by atoms with Crippen LogP contribution in [0.15, 0.2) is 36.8 Å². The van der Waals surface area contributed by atoms with Crippen LogP contribution in [0.4, 0.5) is 0 Å². The van der Waals surface area contributed by atoms with E-state index in [1.54, 1.807) is 6.33 Å². The normalized spacial score (nSPS) is 11.8. The van der Waals surface area contributed by atoms with Gasteiger partial charge >= 0.3 is 0 Å². The number of fused-ring (bicyclic) bond motifs is 5. The van der Waals surface area contributed by atoms with Gasteiger partial charge in [0.2, 0.25) is 5.78 Å². The second-order valence-electron chi connectivity index (χ2n) is 3.69. The van der Waals surface area contributed by atoms with E-state index in [-0.39, 0.29) is 0 Å². The summed E-state index contributed by atoms with van der Waals surface area (Å²) >= 11 is 0. The summed E-state index contributed by atoms with van der Waals surface area (Å²) in [6.45, 7) is 0. The second kappa shape index (κ2) is 2.57. The lowest BCUT2D eigenvalue weighted by atomic mass is 10.2. The summed E-state index contributed by atoms with van der Waals surface area (Å²) in [5.41, 5.74) is 3.03. The number of aromatic amines is 1. The first-order chi connectivity index (χ1) is 7.93. The fourth-order valence-electron chi connectivity index (χ4n) is 2.05. The van der Waals surface area contributed by atoms with Crippen molar-refractivity contribution in [2.45, 2.75) is 0 Å². The molecule has 0 radical (unpaired) electrons. The van der Waals surface area contributed by atoms with E-state index in [0.29, 0.717) is 0 Å². The van der Waals surface area contributed by atoms with E-state index in [1.807, 2.05) is 34.9 Å². The van der Waals surface area contributed by atoms with E-state index in [9.17, 15) is 0 Å².